The van der Waals surface area contributed by atoms with Crippen molar-refractivity contribution in [1.29, 1.82) is 0 Å². The molecule has 11 nitrogen and oxygen atoms in total. The molecule has 4 heterocycles. The van der Waals surface area contributed by atoms with Gasteiger partial charge in [-0.2, -0.15) is 0 Å². The van der Waals surface area contributed by atoms with Crippen LogP contribution < -0.4 is 19.5 Å². The van der Waals surface area contributed by atoms with Crippen molar-refractivity contribution < 1.29 is 43.5 Å². The Morgan fingerprint density at radius 2 is 1.69 bits per heavy atom. The highest BCUT2D eigenvalue weighted by Gasteiger charge is 2.37. The number of benzene rings is 2. The fourth-order valence-electron chi connectivity index (χ4n) is 7.29. The quantitative estimate of drug-likeness (QED) is 0.317. The Hall–Kier alpha value is -4.25. The summed E-state index contributed by atoms with van der Waals surface area (Å²) in [5.41, 5.74) is 0.683. The second kappa shape index (κ2) is 15.8. The molecule has 4 aliphatic heterocycles. The minimum Gasteiger partial charge on any atom is -0.507 e. The molecule has 3 N–H and O–H groups in total. The number of allylic oxidation sites excluding steroid dienone is 1. The van der Waals surface area contributed by atoms with Gasteiger partial charge in [0.25, 0.3) is 0 Å². The molecular weight excluding hydrogens is 616 g/mol. The van der Waals surface area contributed by atoms with Crippen LogP contribution in [-0.4, -0.2) is 85.9 Å². The molecule has 3 fully saturated rings. The van der Waals surface area contributed by atoms with Crippen molar-refractivity contribution in [1.82, 2.24) is 10.2 Å². The van der Waals surface area contributed by atoms with Gasteiger partial charge in [0.15, 0.2) is 11.5 Å². The van der Waals surface area contributed by atoms with Crippen molar-refractivity contribution in [2.45, 2.75) is 82.8 Å². The molecule has 0 aliphatic carbocycles. The SMILES string of the molecule is COc1cc(C(CC(=O)NC2CN3CCC2CC3)c2c(O)cc3c(c2O)C(=O)O[C@@H](C)CCCC(=O)CCCC=C3)cc(OC)c1OC. The largest absolute Gasteiger partial charge is 0.507 e. The lowest BCUT2D eigenvalue weighted by atomic mass is 9.82. The number of hydrogen-bond acceptors (Lipinski definition) is 10. The molecule has 0 spiro atoms. The van der Waals surface area contributed by atoms with Gasteiger partial charge in [-0.3, -0.25) is 9.59 Å². The molecule has 48 heavy (non-hydrogen) atoms. The first-order valence-electron chi connectivity index (χ1n) is 16.9. The Labute approximate surface area is 282 Å². The highest BCUT2D eigenvalue weighted by molar-refractivity contribution is 5.98. The standard InChI is InChI=1S/C37H48N2O9/c1-22-9-8-12-26(40)11-7-5-6-10-24-17-29(41)34(35(43)33(24)37(44)48-22)27(25-18-30(45-2)36(47-4)31(19-25)46-3)20-32(42)38-28-21-39-15-13-23(28)14-16-39/h6,10,17-19,22-23,27-28,41,43H,5,7-9,11-16,20-21H2,1-4H3,(H,38,42)/t22-,27?,28?/m0/s1. The number of carbonyl (C=O) groups is 3. The zero-order valence-electron chi connectivity index (χ0n) is 28.4. The zero-order chi connectivity index (χ0) is 34.4. The molecule has 3 saturated heterocycles. The Kier molecular flexibility index (Phi) is 11.5. The third kappa shape index (κ3) is 7.89. The van der Waals surface area contributed by atoms with Gasteiger partial charge in [-0.05, 0) is 93.8 Å². The molecule has 0 saturated carbocycles. The van der Waals surface area contributed by atoms with E-state index in [1.165, 1.54) is 27.4 Å². The number of fused-ring (bicyclic) bond motifs is 4. The van der Waals surface area contributed by atoms with Crippen LogP contribution in [0.25, 0.3) is 6.08 Å². The number of nitrogens with zero attached hydrogens (tertiary/aromatic N) is 1. The number of esters is 1. The summed E-state index contributed by atoms with van der Waals surface area (Å²) in [5, 5.41) is 26.8. The van der Waals surface area contributed by atoms with Crippen molar-refractivity contribution in [2.24, 2.45) is 5.92 Å². The summed E-state index contributed by atoms with van der Waals surface area (Å²) in [7, 11) is 4.45. The van der Waals surface area contributed by atoms with Crippen molar-refractivity contribution in [3.05, 3.63) is 46.5 Å². The van der Waals surface area contributed by atoms with Crippen molar-refractivity contribution in [2.75, 3.05) is 41.0 Å². The average Bonchev–Trinajstić information content (AvgIpc) is 3.06. The lowest BCUT2D eigenvalue weighted by molar-refractivity contribution is -0.123. The van der Waals surface area contributed by atoms with Gasteiger partial charge in [-0.15, -0.1) is 0 Å². The second-order valence-corrected chi connectivity index (χ2v) is 13.1. The van der Waals surface area contributed by atoms with Crippen molar-refractivity contribution in [3.8, 4) is 28.7 Å². The number of amides is 1. The number of phenolic OH excluding ortho intramolecular Hbond substituents is 2. The van der Waals surface area contributed by atoms with E-state index in [4.69, 9.17) is 18.9 Å². The molecule has 6 rings (SSSR count). The lowest BCUT2D eigenvalue weighted by Crippen LogP contribution is -2.57. The monoisotopic (exact) mass is 664 g/mol. The summed E-state index contributed by atoms with van der Waals surface area (Å²) in [6, 6.07) is 4.78. The molecule has 2 aromatic carbocycles. The Morgan fingerprint density at radius 1 is 1.00 bits per heavy atom. The minimum absolute atomic E-state index is 0.00413. The van der Waals surface area contributed by atoms with Crippen LogP contribution in [0.3, 0.4) is 0 Å². The van der Waals surface area contributed by atoms with Crippen molar-refractivity contribution in [3.63, 3.8) is 0 Å². The number of ether oxygens (including phenoxy) is 4. The van der Waals surface area contributed by atoms with Crippen LogP contribution in [0.15, 0.2) is 24.3 Å². The van der Waals surface area contributed by atoms with Gasteiger partial charge in [-0.25, -0.2) is 4.79 Å². The number of Topliss-reactive ketones (excluding diaryl/α,β-unsaturated/α-hetero) is 1. The number of carbonyl (C=O) groups excluding carboxylic acids is 3. The van der Waals surface area contributed by atoms with E-state index in [1.807, 2.05) is 6.08 Å². The normalized spacial score (nSPS) is 23.8. The second-order valence-electron chi connectivity index (χ2n) is 13.1. The first kappa shape index (κ1) is 35.1. The summed E-state index contributed by atoms with van der Waals surface area (Å²) < 4.78 is 22.5. The Bertz CT molecular complexity index is 1500. The van der Waals surface area contributed by atoms with E-state index in [-0.39, 0.29) is 46.6 Å². The Morgan fingerprint density at radius 3 is 2.31 bits per heavy atom. The summed E-state index contributed by atoms with van der Waals surface area (Å²) in [6.07, 6.45) is 8.03. The first-order chi connectivity index (χ1) is 23.1. The van der Waals surface area contributed by atoms with Crippen LogP contribution in [-0.2, 0) is 14.3 Å². The van der Waals surface area contributed by atoms with Crippen LogP contribution in [0, 0.1) is 5.92 Å². The van der Waals surface area contributed by atoms with Gasteiger partial charge in [0.1, 0.15) is 22.8 Å². The van der Waals surface area contributed by atoms with E-state index >= 15 is 0 Å². The van der Waals surface area contributed by atoms with Crippen LogP contribution in [0.2, 0.25) is 0 Å². The maximum Gasteiger partial charge on any atom is 0.342 e. The number of phenols is 2. The molecule has 0 radical (unpaired) electrons. The molecule has 2 aromatic rings. The van der Waals surface area contributed by atoms with Gasteiger partial charge >= 0.3 is 5.97 Å². The van der Waals surface area contributed by atoms with Gasteiger partial charge in [0.2, 0.25) is 11.7 Å². The van der Waals surface area contributed by atoms with Crippen molar-refractivity contribution >= 4 is 23.7 Å². The predicted octanol–water partition coefficient (Wildman–Crippen LogP) is 5.34. The zero-order valence-corrected chi connectivity index (χ0v) is 28.4. The van der Waals surface area contributed by atoms with Gasteiger partial charge in [0, 0.05) is 43.3 Å². The fraction of sp³-hybridized carbons (Fsp3) is 0.541. The average molecular weight is 665 g/mol. The van der Waals surface area contributed by atoms with E-state index in [9.17, 15) is 24.6 Å². The van der Waals surface area contributed by atoms with Crippen LogP contribution in [0.5, 0.6) is 28.7 Å². The molecule has 260 valence electrons. The predicted molar refractivity (Wildman–Crippen MR) is 180 cm³/mol. The van der Waals surface area contributed by atoms with Crippen LogP contribution >= 0.6 is 0 Å². The first-order valence-corrected chi connectivity index (χ1v) is 16.9. The number of aromatic hydroxyl groups is 2. The number of hydrogen-bond donors (Lipinski definition) is 3. The molecular formula is C37H48N2O9. The molecule has 3 atom stereocenters. The highest BCUT2D eigenvalue weighted by Crippen LogP contribution is 2.48. The third-order valence-corrected chi connectivity index (χ3v) is 9.88. The number of nitrogens with one attached hydrogen (secondary N) is 1. The number of piperidine rings is 3. The third-order valence-electron chi connectivity index (χ3n) is 9.88. The maximum atomic E-state index is 13.8. The van der Waals surface area contributed by atoms with E-state index < -0.39 is 23.7 Å². The summed E-state index contributed by atoms with van der Waals surface area (Å²) in [4.78, 5) is 42.1. The van der Waals surface area contributed by atoms with E-state index in [0.29, 0.717) is 67.3 Å². The summed E-state index contributed by atoms with van der Waals surface area (Å²) in [5.74, 6) is -1.10. The topological polar surface area (TPSA) is 144 Å². The number of ketones is 1. The summed E-state index contributed by atoms with van der Waals surface area (Å²) in [6.45, 7) is 4.59. The smallest absolute Gasteiger partial charge is 0.342 e. The molecule has 0 aromatic heterocycles. The maximum absolute atomic E-state index is 13.8. The van der Waals surface area contributed by atoms with Gasteiger partial charge in [-0.1, -0.05) is 12.2 Å². The van der Waals surface area contributed by atoms with E-state index in [0.717, 1.165) is 32.5 Å². The molecule has 4 aliphatic rings. The lowest BCUT2D eigenvalue weighted by Gasteiger charge is -2.45. The highest BCUT2D eigenvalue weighted by atomic mass is 16.5. The van der Waals surface area contributed by atoms with Gasteiger partial charge in [0.05, 0.1) is 27.4 Å². The van der Waals surface area contributed by atoms with E-state index in [1.54, 1.807) is 25.1 Å². The van der Waals surface area contributed by atoms with Crippen LogP contribution in [0.4, 0.5) is 0 Å². The molecule has 1 amide bonds. The van der Waals surface area contributed by atoms with Crippen LogP contribution in [0.1, 0.15) is 97.7 Å². The Balaban J connectivity index is 1.60. The molecule has 2 unspecified atom stereocenters. The molecule has 2 bridgehead atoms. The number of methoxy groups -OCH3 is 3. The number of rotatable bonds is 8. The fourth-order valence-corrected chi connectivity index (χ4v) is 7.29. The summed E-state index contributed by atoms with van der Waals surface area (Å²) >= 11 is 0. The van der Waals surface area contributed by atoms with E-state index in [2.05, 4.69) is 10.2 Å². The minimum atomic E-state index is -0.918. The molecule has 11 heteroatoms. The van der Waals surface area contributed by atoms with Gasteiger partial charge < -0.3 is 39.4 Å². The number of cyclic esters (lactones) is 1.